The van der Waals surface area contributed by atoms with Crippen LogP contribution in [-0.4, -0.2) is 53.4 Å². The van der Waals surface area contributed by atoms with Crippen LogP contribution in [0.1, 0.15) is 65.4 Å². The largest absolute Gasteiger partial charge is 0.387 e. The number of aliphatic hydroxyl groups excluding tert-OH is 1. The van der Waals surface area contributed by atoms with Gasteiger partial charge in [0.2, 0.25) is 0 Å². The number of carbonyl (C=O) groups is 1. The maximum Gasteiger partial charge on any atom is 0.269 e. The number of ether oxygens (including phenoxy) is 1. The third kappa shape index (κ3) is 4.93. The minimum absolute atomic E-state index is 0.0472. The van der Waals surface area contributed by atoms with Gasteiger partial charge in [-0.3, -0.25) is 4.79 Å². The molecule has 3 atom stereocenters. The molecule has 0 bridgehead atoms. The van der Waals surface area contributed by atoms with Gasteiger partial charge in [-0.25, -0.2) is 8.42 Å². The molecule has 1 amide bonds. The molecule has 0 fully saturated rings. The fourth-order valence-electron chi connectivity index (χ4n) is 4.09. The minimum atomic E-state index is -4.29. The standard InChI is InChI=1S/C24H37NO6S/c1-7-8-9-10-15-23(5,28)21(26)20-16-24(31-6,17(2)3)25(22(20)27)32(29,30)19-13-11-18(4)12-14-19/h11-14,16-17,21,26,28H,7-10,15H2,1-6H3/t21-,23-,24?/m0/s1. The number of carbonyl (C=O) groups excluding carboxylic acids is 1. The first-order valence-corrected chi connectivity index (χ1v) is 12.6. The number of hydrogen-bond donors (Lipinski definition) is 2. The molecule has 0 aromatic heterocycles. The molecule has 2 rings (SSSR count). The number of benzene rings is 1. The number of unbranched alkanes of at least 4 members (excludes halogenated alkanes) is 3. The van der Waals surface area contributed by atoms with Crippen LogP contribution in [0.3, 0.4) is 0 Å². The van der Waals surface area contributed by atoms with Crippen LogP contribution in [0.25, 0.3) is 0 Å². The number of amides is 1. The summed E-state index contributed by atoms with van der Waals surface area (Å²) >= 11 is 0. The second kappa shape index (κ2) is 10.0. The van der Waals surface area contributed by atoms with E-state index in [1.807, 2.05) is 6.92 Å². The normalized spacial score (nSPS) is 22.2. The van der Waals surface area contributed by atoms with Crippen LogP contribution in [-0.2, 0) is 19.6 Å². The Balaban J connectivity index is 2.49. The molecule has 0 aliphatic carbocycles. The summed E-state index contributed by atoms with van der Waals surface area (Å²) in [5.74, 6) is -1.33. The molecule has 1 aliphatic heterocycles. The van der Waals surface area contributed by atoms with Gasteiger partial charge in [0.25, 0.3) is 15.9 Å². The molecule has 0 saturated heterocycles. The highest BCUT2D eigenvalue weighted by Gasteiger charge is 2.56. The zero-order valence-electron chi connectivity index (χ0n) is 20.0. The maximum absolute atomic E-state index is 13.5. The highest BCUT2D eigenvalue weighted by molar-refractivity contribution is 7.89. The van der Waals surface area contributed by atoms with Crippen LogP contribution in [0.4, 0.5) is 0 Å². The van der Waals surface area contributed by atoms with Gasteiger partial charge in [-0.15, -0.1) is 0 Å². The van der Waals surface area contributed by atoms with Crippen molar-refractivity contribution in [1.29, 1.82) is 0 Å². The predicted octanol–water partition coefficient (Wildman–Crippen LogP) is 3.53. The molecule has 2 N–H and O–H groups in total. The molecule has 1 aromatic rings. The van der Waals surface area contributed by atoms with E-state index >= 15 is 0 Å². The van der Waals surface area contributed by atoms with Crippen LogP contribution < -0.4 is 0 Å². The average Bonchev–Trinajstić information content (AvgIpc) is 3.05. The molecule has 32 heavy (non-hydrogen) atoms. The third-order valence-corrected chi connectivity index (χ3v) is 8.04. The summed E-state index contributed by atoms with van der Waals surface area (Å²) in [6.07, 6.45) is 3.71. The van der Waals surface area contributed by atoms with Crippen molar-refractivity contribution in [2.75, 3.05) is 7.11 Å². The first-order chi connectivity index (χ1) is 14.8. The zero-order chi connectivity index (χ0) is 24.3. The Morgan fingerprint density at radius 2 is 1.75 bits per heavy atom. The Morgan fingerprint density at radius 3 is 2.25 bits per heavy atom. The van der Waals surface area contributed by atoms with E-state index in [4.69, 9.17) is 4.74 Å². The van der Waals surface area contributed by atoms with Gasteiger partial charge in [0.05, 0.1) is 16.1 Å². The van der Waals surface area contributed by atoms with Crippen LogP contribution in [0.15, 0.2) is 40.8 Å². The predicted molar refractivity (Wildman–Crippen MR) is 123 cm³/mol. The van der Waals surface area contributed by atoms with E-state index in [1.165, 1.54) is 32.2 Å². The molecule has 0 radical (unpaired) electrons. The molecule has 1 aromatic carbocycles. The number of hydrogen-bond acceptors (Lipinski definition) is 6. The number of aliphatic hydroxyl groups is 2. The monoisotopic (exact) mass is 467 g/mol. The van der Waals surface area contributed by atoms with Crippen molar-refractivity contribution in [2.24, 2.45) is 5.92 Å². The van der Waals surface area contributed by atoms with E-state index < -0.39 is 39.3 Å². The van der Waals surface area contributed by atoms with Crippen LogP contribution in [0.5, 0.6) is 0 Å². The van der Waals surface area contributed by atoms with Gasteiger partial charge in [0.1, 0.15) is 6.10 Å². The Morgan fingerprint density at radius 1 is 1.16 bits per heavy atom. The van der Waals surface area contributed by atoms with Crippen LogP contribution >= 0.6 is 0 Å². The van der Waals surface area contributed by atoms with Crippen molar-refractivity contribution in [3.63, 3.8) is 0 Å². The number of rotatable bonds is 11. The van der Waals surface area contributed by atoms with Gasteiger partial charge >= 0.3 is 0 Å². The van der Waals surface area contributed by atoms with E-state index in [9.17, 15) is 23.4 Å². The van der Waals surface area contributed by atoms with E-state index in [2.05, 4.69) is 6.92 Å². The molecule has 8 heteroatoms. The molecule has 7 nitrogen and oxygen atoms in total. The maximum atomic E-state index is 13.5. The minimum Gasteiger partial charge on any atom is -0.387 e. The quantitative estimate of drug-likeness (QED) is 0.483. The van der Waals surface area contributed by atoms with E-state index in [1.54, 1.807) is 26.0 Å². The van der Waals surface area contributed by atoms with Gasteiger partial charge in [0, 0.05) is 13.0 Å². The first kappa shape index (κ1) is 26.5. The van der Waals surface area contributed by atoms with Crippen LogP contribution in [0, 0.1) is 12.8 Å². The van der Waals surface area contributed by atoms with Crippen molar-refractivity contribution < 1.29 is 28.2 Å². The molecule has 1 aliphatic rings. The topological polar surface area (TPSA) is 104 Å². The fourth-order valence-corrected chi connectivity index (χ4v) is 5.82. The highest BCUT2D eigenvalue weighted by atomic mass is 32.2. The molecular formula is C24H37NO6S. The SMILES string of the molecule is CCCCCC[C@](C)(O)[C@@H](O)C1=CC(OC)(C(C)C)N(S(=O)(=O)c2ccc(C)cc2)C1=O. The summed E-state index contributed by atoms with van der Waals surface area (Å²) in [5.41, 5.74) is -2.49. The summed E-state index contributed by atoms with van der Waals surface area (Å²) in [6.45, 7) is 8.86. The summed E-state index contributed by atoms with van der Waals surface area (Å²) < 4.78 is 33.4. The first-order valence-electron chi connectivity index (χ1n) is 11.2. The smallest absolute Gasteiger partial charge is 0.269 e. The Hall–Kier alpha value is -1.74. The number of sulfonamides is 1. The summed E-state index contributed by atoms with van der Waals surface area (Å²) in [6, 6.07) is 6.19. The highest BCUT2D eigenvalue weighted by Crippen LogP contribution is 2.42. The lowest BCUT2D eigenvalue weighted by Gasteiger charge is -2.38. The Bertz CT molecular complexity index is 936. The molecule has 1 unspecified atom stereocenters. The van der Waals surface area contributed by atoms with Crippen molar-refractivity contribution in [1.82, 2.24) is 4.31 Å². The number of aryl methyl sites for hydroxylation is 1. The zero-order valence-corrected chi connectivity index (χ0v) is 20.8. The van der Waals surface area contributed by atoms with Gasteiger partial charge in [-0.2, -0.15) is 4.31 Å². The summed E-state index contributed by atoms with van der Waals surface area (Å²) in [7, 11) is -2.96. The molecule has 0 saturated carbocycles. The molecule has 0 spiro atoms. The number of nitrogens with zero attached hydrogens (tertiary/aromatic N) is 1. The van der Waals surface area contributed by atoms with E-state index in [-0.39, 0.29) is 16.9 Å². The van der Waals surface area contributed by atoms with E-state index in [0.717, 1.165) is 24.8 Å². The lowest BCUT2D eigenvalue weighted by Crippen LogP contribution is -2.54. The molecule has 180 valence electrons. The van der Waals surface area contributed by atoms with Gasteiger partial charge < -0.3 is 14.9 Å². The van der Waals surface area contributed by atoms with Crippen molar-refractivity contribution in [2.45, 2.75) is 89.0 Å². The second-order valence-corrected chi connectivity index (χ2v) is 11.0. The number of methoxy groups -OCH3 is 1. The molecular weight excluding hydrogens is 430 g/mol. The van der Waals surface area contributed by atoms with Crippen molar-refractivity contribution >= 4 is 15.9 Å². The average molecular weight is 468 g/mol. The molecule has 1 heterocycles. The van der Waals surface area contributed by atoms with Crippen LogP contribution in [0.2, 0.25) is 0 Å². The van der Waals surface area contributed by atoms with Crippen molar-refractivity contribution in [3.8, 4) is 0 Å². The Kier molecular flexibility index (Phi) is 8.31. The Labute approximate surface area is 192 Å². The second-order valence-electron chi connectivity index (χ2n) is 9.17. The van der Waals surface area contributed by atoms with E-state index in [0.29, 0.717) is 10.7 Å². The van der Waals surface area contributed by atoms with Crippen molar-refractivity contribution in [3.05, 3.63) is 41.5 Å². The fraction of sp³-hybridized carbons (Fsp3) is 0.625. The van der Waals surface area contributed by atoms with Gasteiger partial charge in [0.15, 0.2) is 5.72 Å². The van der Waals surface area contributed by atoms with Gasteiger partial charge in [-0.1, -0.05) is 64.2 Å². The third-order valence-electron chi connectivity index (χ3n) is 6.24. The summed E-state index contributed by atoms with van der Waals surface area (Å²) in [5, 5.41) is 21.9. The summed E-state index contributed by atoms with van der Waals surface area (Å²) in [4.78, 5) is 13.4. The lowest BCUT2D eigenvalue weighted by molar-refractivity contribution is -0.141. The lowest BCUT2D eigenvalue weighted by atomic mass is 9.87. The van der Waals surface area contributed by atoms with Gasteiger partial charge in [-0.05, 0) is 38.5 Å².